The molecule has 22 heavy (non-hydrogen) atoms. The van der Waals surface area contributed by atoms with E-state index in [1.54, 1.807) is 19.2 Å². The fourth-order valence-electron chi connectivity index (χ4n) is 1.81. The highest BCUT2D eigenvalue weighted by atomic mass is 127. The summed E-state index contributed by atoms with van der Waals surface area (Å²) in [6.45, 7) is 5.72. The van der Waals surface area contributed by atoms with E-state index in [4.69, 9.17) is 4.42 Å². The zero-order chi connectivity index (χ0) is 15.5. The number of allylic oxidation sites excluding steroid dienone is 1. The Morgan fingerprint density at radius 1 is 1.45 bits per heavy atom. The van der Waals surface area contributed by atoms with Gasteiger partial charge in [0, 0.05) is 33.7 Å². The monoisotopic (exact) mass is 420 g/mol. The molecule has 0 unspecified atom stereocenters. The van der Waals surface area contributed by atoms with E-state index in [9.17, 15) is 4.79 Å². The summed E-state index contributed by atoms with van der Waals surface area (Å²) in [6, 6.07) is 3.32. The Hall–Kier alpha value is -1.51. The van der Waals surface area contributed by atoms with E-state index in [1.165, 1.54) is 6.26 Å². The topological polar surface area (TPSA) is 69.9 Å². The molecule has 6 nitrogen and oxygen atoms in total. The van der Waals surface area contributed by atoms with Crippen molar-refractivity contribution in [3.05, 3.63) is 36.8 Å². The van der Waals surface area contributed by atoms with Crippen LogP contribution in [0.2, 0.25) is 0 Å². The van der Waals surface area contributed by atoms with E-state index < -0.39 is 0 Å². The summed E-state index contributed by atoms with van der Waals surface area (Å²) in [5.74, 6) is 0.920. The van der Waals surface area contributed by atoms with Gasteiger partial charge in [-0.3, -0.25) is 9.79 Å². The molecule has 0 aliphatic heterocycles. The van der Waals surface area contributed by atoms with Gasteiger partial charge >= 0.3 is 0 Å². The van der Waals surface area contributed by atoms with Gasteiger partial charge in [0.2, 0.25) is 0 Å². The van der Waals surface area contributed by atoms with E-state index >= 15 is 0 Å². The third-order valence-corrected chi connectivity index (χ3v) is 2.91. The second-order valence-electron chi connectivity index (χ2n) is 4.56. The minimum Gasteiger partial charge on any atom is -0.459 e. The van der Waals surface area contributed by atoms with Crippen LogP contribution in [0.5, 0.6) is 0 Å². The molecule has 0 radical (unpaired) electrons. The molecule has 2 N–H and O–H groups in total. The molecule has 0 saturated heterocycles. The summed E-state index contributed by atoms with van der Waals surface area (Å²) in [5.41, 5.74) is 0. The molecule has 1 aromatic heterocycles. The lowest BCUT2D eigenvalue weighted by atomic mass is 10.3. The second kappa shape index (κ2) is 12.1. The molecule has 0 spiro atoms. The van der Waals surface area contributed by atoms with E-state index in [1.807, 2.05) is 13.1 Å². The predicted octanol–water partition coefficient (Wildman–Crippen LogP) is 2.10. The second-order valence-corrected chi connectivity index (χ2v) is 4.56. The van der Waals surface area contributed by atoms with Gasteiger partial charge in [-0.25, -0.2) is 0 Å². The number of carbonyl (C=O) groups is 1. The van der Waals surface area contributed by atoms with Crippen molar-refractivity contribution in [2.45, 2.75) is 12.8 Å². The SMILES string of the molecule is C=CCCCN(C)C(=NC)NCCNC(=O)c1ccco1.I. The molecule has 0 aliphatic carbocycles. The molecule has 124 valence electrons. The molecular weight excluding hydrogens is 395 g/mol. The first kappa shape index (κ1) is 20.5. The zero-order valence-electron chi connectivity index (χ0n) is 13.2. The number of nitrogens with zero attached hydrogens (tertiary/aromatic N) is 2. The Labute approximate surface area is 149 Å². The third-order valence-electron chi connectivity index (χ3n) is 2.91. The van der Waals surface area contributed by atoms with Crippen molar-refractivity contribution in [2.75, 3.05) is 33.7 Å². The molecule has 1 amide bonds. The lowest BCUT2D eigenvalue weighted by Gasteiger charge is -2.21. The number of carbonyl (C=O) groups excluding carboxylic acids is 1. The smallest absolute Gasteiger partial charge is 0.287 e. The van der Waals surface area contributed by atoms with Crippen LogP contribution in [0.4, 0.5) is 0 Å². The average molecular weight is 420 g/mol. The van der Waals surface area contributed by atoms with Crippen molar-refractivity contribution in [2.24, 2.45) is 4.99 Å². The highest BCUT2D eigenvalue weighted by Crippen LogP contribution is 1.98. The average Bonchev–Trinajstić information content (AvgIpc) is 3.01. The molecule has 1 aromatic rings. The van der Waals surface area contributed by atoms with Crippen LogP contribution >= 0.6 is 24.0 Å². The van der Waals surface area contributed by atoms with Gasteiger partial charge in [-0.1, -0.05) is 6.08 Å². The maximum Gasteiger partial charge on any atom is 0.287 e. The largest absolute Gasteiger partial charge is 0.459 e. The van der Waals surface area contributed by atoms with Gasteiger partial charge < -0.3 is 20.0 Å². The number of amides is 1. The van der Waals surface area contributed by atoms with Crippen LogP contribution in [0, 0.1) is 0 Å². The zero-order valence-corrected chi connectivity index (χ0v) is 15.5. The highest BCUT2D eigenvalue weighted by molar-refractivity contribution is 14.0. The Balaban J connectivity index is 0.00000441. The third kappa shape index (κ3) is 7.48. The summed E-state index contributed by atoms with van der Waals surface area (Å²) in [6.07, 6.45) is 5.41. The number of rotatable bonds is 8. The highest BCUT2D eigenvalue weighted by Gasteiger charge is 2.08. The summed E-state index contributed by atoms with van der Waals surface area (Å²) in [5, 5.41) is 5.98. The number of nitrogens with one attached hydrogen (secondary N) is 2. The molecule has 0 saturated carbocycles. The molecule has 7 heteroatoms. The fraction of sp³-hybridized carbons (Fsp3) is 0.467. The maximum absolute atomic E-state index is 11.6. The van der Waals surface area contributed by atoms with E-state index in [-0.39, 0.29) is 29.9 Å². The number of furan rings is 1. The summed E-state index contributed by atoms with van der Waals surface area (Å²) in [7, 11) is 3.73. The van der Waals surface area contributed by atoms with Gasteiger partial charge in [0.25, 0.3) is 5.91 Å². The van der Waals surface area contributed by atoms with Crippen LogP contribution in [0.1, 0.15) is 23.4 Å². The van der Waals surface area contributed by atoms with Gasteiger partial charge in [-0.2, -0.15) is 0 Å². The van der Waals surface area contributed by atoms with Crippen molar-refractivity contribution < 1.29 is 9.21 Å². The van der Waals surface area contributed by atoms with E-state index in [0.717, 1.165) is 25.3 Å². The maximum atomic E-state index is 11.6. The van der Waals surface area contributed by atoms with Gasteiger partial charge in [0.05, 0.1) is 6.26 Å². The van der Waals surface area contributed by atoms with Crippen LogP contribution < -0.4 is 10.6 Å². The van der Waals surface area contributed by atoms with Crippen molar-refractivity contribution in [3.63, 3.8) is 0 Å². The first-order valence-electron chi connectivity index (χ1n) is 7.03. The lowest BCUT2D eigenvalue weighted by Crippen LogP contribution is -2.42. The number of aliphatic imine (C=N–C) groups is 1. The fourth-order valence-corrected chi connectivity index (χ4v) is 1.81. The van der Waals surface area contributed by atoms with Crippen LogP contribution in [-0.4, -0.2) is 50.5 Å². The summed E-state index contributed by atoms with van der Waals surface area (Å²) < 4.78 is 5.02. The molecule has 0 bridgehead atoms. The van der Waals surface area contributed by atoms with Gasteiger partial charge in [0.1, 0.15) is 0 Å². The van der Waals surface area contributed by atoms with E-state index in [0.29, 0.717) is 18.8 Å². The van der Waals surface area contributed by atoms with Gasteiger partial charge in [-0.15, -0.1) is 30.6 Å². The summed E-state index contributed by atoms with van der Waals surface area (Å²) >= 11 is 0. The Morgan fingerprint density at radius 2 is 2.18 bits per heavy atom. The predicted molar refractivity (Wildman–Crippen MR) is 99.9 cm³/mol. The van der Waals surface area contributed by atoms with Crippen molar-refractivity contribution in [1.82, 2.24) is 15.5 Å². The van der Waals surface area contributed by atoms with Crippen molar-refractivity contribution in [1.29, 1.82) is 0 Å². The Kier molecular flexibility index (Phi) is 11.2. The van der Waals surface area contributed by atoms with E-state index in [2.05, 4.69) is 27.1 Å². The lowest BCUT2D eigenvalue weighted by molar-refractivity contribution is 0.0926. The van der Waals surface area contributed by atoms with Crippen LogP contribution in [0.25, 0.3) is 0 Å². The number of hydrogen-bond donors (Lipinski definition) is 2. The molecule has 0 fully saturated rings. The van der Waals surface area contributed by atoms with Crippen LogP contribution in [0.3, 0.4) is 0 Å². The first-order valence-corrected chi connectivity index (χ1v) is 7.03. The normalized spacial score (nSPS) is 10.5. The molecule has 1 heterocycles. The standard InChI is InChI=1S/C15H24N4O2.HI/c1-4-5-6-11-19(3)15(16-2)18-10-9-17-14(20)13-8-7-12-21-13;/h4,7-8,12H,1,5-6,9-11H2,2-3H3,(H,16,18)(H,17,20);1H. The van der Waals surface area contributed by atoms with Gasteiger partial charge in [0.15, 0.2) is 11.7 Å². The van der Waals surface area contributed by atoms with Crippen LogP contribution in [0.15, 0.2) is 40.5 Å². The number of halogens is 1. The minimum absolute atomic E-state index is 0. The summed E-state index contributed by atoms with van der Waals surface area (Å²) in [4.78, 5) is 17.9. The molecule has 0 aliphatic rings. The van der Waals surface area contributed by atoms with Crippen molar-refractivity contribution >= 4 is 35.8 Å². The molecule has 0 aromatic carbocycles. The molecule has 1 rings (SSSR count). The molecule has 0 atom stereocenters. The Bertz CT molecular complexity index is 460. The Morgan fingerprint density at radius 3 is 2.77 bits per heavy atom. The number of guanidine groups is 1. The minimum atomic E-state index is -0.212. The number of hydrogen-bond acceptors (Lipinski definition) is 3. The quantitative estimate of drug-likeness (QED) is 0.222. The number of unbranched alkanes of at least 4 members (excludes halogenated alkanes) is 1. The van der Waals surface area contributed by atoms with Crippen molar-refractivity contribution in [3.8, 4) is 0 Å². The first-order chi connectivity index (χ1) is 10.2. The van der Waals surface area contributed by atoms with Gasteiger partial charge in [-0.05, 0) is 25.0 Å². The van der Waals surface area contributed by atoms with Crippen LogP contribution in [-0.2, 0) is 0 Å². The molecular formula is C15H25IN4O2.